The summed E-state index contributed by atoms with van der Waals surface area (Å²) >= 11 is 0. The number of aromatic amines is 1. The van der Waals surface area contributed by atoms with Crippen molar-refractivity contribution in [3.8, 4) is 0 Å². The number of rotatable bonds is 4. The minimum absolute atomic E-state index is 0.176. The zero-order valence-corrected chi connectivity index (χ0v) is 11.2. The van der Waals surface area contributed by atoms with Crippen molar-refractivity contribution in [2.75, 3.05) is 4.31 Å². The number of para-hydroxylation sites is 1. The second kappa shape index (κ2) is 4.53. The Kier molecular flexibility index (Phi) is 2.83. The lowest BCUT2D eigenvalue weighted by atomic mass is 10.2. The molecule has 0 saturated heterocycles. The third kappa shape index (κ3) is 1.88. The monoisotopic (exact) mass is 289 g/mol. The van der Waals surface area contributed by atoms with Gasteiger partial charge in [-0.05, 0) is 6.07 Å². The highest BCUT2D eigenvalue weighted by molar-refractivity contribution is 7.95. The Morgan fingerprint density at radius 2 is 2.10 bits per heavy atom. The molecule has 2 heterocycles. The maximum absolute atomic E-state index is 12.3. The number of nitrogens with one attached hydrogen (secondary N) is 1. The van der Waals surface area contributed by atoms with Crippen LogP contribution in [0.15, 0.2) is 59.3 Å². The number of aromatic nitrogens is 2. The molecule has 6 nitrogen and oxygen atoms in total. The van der Waals surface area contributed by atoms with E-state index in [0.717, 1.165) is 20.6 Å². The van der Waals surface area contributed by atoms with Crippen LogP contribution in [0.5, 0.6) is 0 Å². The van der Waals surface area contributed by atoms with E-state index in [1.807, 2.05) is 24.3 Å². The summed E-state index contributed by atoms with van der Waals surface area (Å²) in [6.45, 7) is 3.35. The van der Waals surface area contributed by atoms with Crippen molar-refractivity contribution in [2.24, 2.45) is 0 Å². The molecule has 0 fully saturated rings. The van der Waals surface area contributed by atoms with Crippen molar-refractivity contribution in [3.63, 3.8) is 0 Å². The van der Waals surface area contributed by atoms with Gasteiger partial charge in [0.2, 0.25) is 0 Å². The van der Waals surface area contributed by atoms with Crippen LogP contribution in [0, 0.1) is 0 Å². The molecule has 0 radical (unpaired) electrons. The average molecular weight is 289 g/mol. The van der Waals surface area contributed by atoms with Crippen molar-refractivity contribution >= 4 is 32.4 Å². The van der Waals surface area contributed by atoms with Crippen LogP contribution in [0.25, 0.3) is 10.9 Å². The van der Waals surface area contributed by atoms with E-state index in [9.17, 15) is 8.42 Å². The smallest absolute Gasteiger partial charge is 0.262 e. The Morgan fingerprint density at radius 1 is 1.30 bits per heavy atom. The number of H-pyrrole nitrogens is 1. The molecular formula is C13H11N3O3S. The van der Waals surface area contributed by atoms with E-state index in [4.69, 9.17) is 4.52 Å². The summed E-state index contributed by atoms with van der Waals surface area (Å²) in [7, 11) is -3.74. The fourth-order valence-corrected chi connectivity index (χ4v) is 2.93. The Hall–Kier alpha value is -2.54. The second-order valence-corrected chi connectivity index (χ2v) is 5.78. The van der Waals surface area contributed by atoms with Gasteiger partial charge in [0.25, 0.3) is 10.0 Å². The first-order valence-corrected chi connectivity index (χ1v) is 7.28. The zero-order chi connectivity index (χ0) is 14.2. The van der Waals surface area contributed by atoms with Gasteiger partial charge in [0.1, 0.15) is 6.26 Å². The van der Waals surface area contributed by atoms with Crippen LogP contribution in [-0.4, -0.2) is 18.6 Å². The van der Waals surface area contributed by atoms with E-state index in [1.54, 1.807) is 6.20 Å². The van der Waals surface area contributed by atoms with Gasteiger partial charge in [-0.1, -0.05) is 29.9 Å². The lowest BCUT2D eigenvalue weighted by Gasteiger charge is -2.18. The molecule has 0 amide bonds. The molecule has 3 rings (SSSR count). The minimum atomic E-state index is -3.74. The molecule has 0 unspecified atom stereocenters. The SMILES string of the molecule is C=CS(=O)(=O)N(c1ccon1)c1c[nH]c2ccccc12. The largest absolute Gasteiger partial charge is 0.363 e. The highest BCUT2D eigenvalue weighted by atomic mass is 32.2. The third-order valence-corrected chi connectivity index (χ3v) is 4.20. The molecule has 0 bridgehead atoms. The predicted octanol–water partition coefficient (Wildman–Crippen LogP) is 2.77. The van der Waals surface area contributed by atoms with Gasteiger partial charge in [0.05, 0.1) is 5.69 Å². The average Bonchev–Trinajstić information content (AvgIpc) is 3.10. The topological polar surface area (TPSA) is 79.2 Å². The second-order valence-electron chi connectivity index (χ2n) is 4.05. The highest BCUT2D eigenvalue weighted by Crippen LogP contribution is 2.34. The van der Waals surface area contributed by atoms with Gasteiger partial charge in [-0.25, -0.2) is 12.7 Å². The maximum Gasteiger partial charge on any atom is 0.262 e. The summed E-state index contributed by atoms with van der Waals surface area (Å²) in [5.41, 5.74) is 1.30. The molecule has 102 valence electrons. The Labute approximate surface area is 115 Å². The van der Waals surface area contributed by atoms with Crippen LogP contribution >= 0.6 is 0 Å². The first-order valence-electron chi connectivity index (χ1n) is 5.78. The molecule has 0 atom stereocenters. The van der Waals surface area contributed by atoms with Gasteiger partial charge in [-0.15, -0.1) is 0 Å². The van der Waals surface area contributed by atoms with E-state index in [2.05, 4.69) is 16.7 Å². The van der Waals surface area contributed by atoms with E-state index in [0.29, 0.717) is 5.69 Å². The van der Waals surface area contributed by atoms with Crippen molar-refractivity contribution in [2.45, 2.75) is 0 Å². The molecule has 20 heavy (non-hydrogen) atoms. The van der Waals surface area contributed by atoms with Crippen molar-refractivity contribution in [1.29, 1.82) is 0 Å². The van der Waals surface area contributed by atoms with E-state index < -0.39 is 10.0 Å². The highest BCUT2D eigenvalue weighted by Gasteiger charge is 2.26. The first kappa shape index (κ1) is 12.5. The molecule has 0 aliphatic rings. The quantitative estimate of drug-likeness (QED) is 0.801. The maximum atomic E-state index is 12.3. The molecule has 3 aromatic rings. The van der Waals surface area contributed by atoms with Crippen LogP contribution < -0.4 is 4.31 Å². The predicted molar refractivity (Wildman–Crippen MR) is 76.1 cm³/mol. The summed E-state index contributed by atoms with van der Waals surface area (Å²) in [6.07, 6.45) is 2.93. The fourth-order valence-electron chi connectivity index (χ4n) is 2.00. The summed E-state index contributed by atoms with van der Waals surface area (Å²) < 4.78 is 30.3. The van der Waals surface area contributed by atoms with Crippen LogP contribution in [0.3, 0.4) is 0 Å². The minimum Gasteiger partial charge on any atom is -0.363 e. The number of hydrogen-bond donors (Lipinski definition) is 1. The molecule has 7 heteroatoms. The Balaban J connectivity index is 2.28. The van der Waals surface area contributed by atoms with E-state index in [1.165, 1.54) is 12.3 Å². The lowest BCUT2D eigenvalue weighted by molar-refractivity contribution is 0.421. The lowest BCUT2D eigenvalue weighted by Crippen LogP contribution is -2.23. The van der Waals surface area contributed by atoms with Gasteiger partial charge >= 0.3 is 0 Å². The molecule has 1 aromatic carbocycles. The molecule has 0 saturated carbocycles. The zero-order valence-electron chi connectivity index (χ0n) is 10.4. The van der Waals surface area contributed by atoms with Gasteiger partial charge in [-0.2, -0.15) is 0 Å². The molecule has 0 aliphatic heterocycles. The third-order valence-electron chi connectivity index (χ3n) is 2.88. The first-order chi connectivity index (χ1) is 9.63. The molecule has 1 N–H and O–H groups in total. The summed E-state index contributed by atoms with van der Waals surface area (Å²) in [5, 5.41) is 5.35. The van der Waals surface area contributed by atoms with Crippen LogP contribution in [-0.2, 0) is 10.0 Å². The van der Waals surface area contributed by atoms with Crippen molar-refractivity contribution in [3.05, 3.63) is 54.8 Å². The number of fused-ring (bicyclic) bond motifs is 1. The number of hydrogen-bond acceptors (Lipinski definition) is 4. The number of benzene rings is 1. The summed E-state index contributed by atoms with van der Waals surface area (Å²) in [6, 6.07) is 8.86. The molecular weight excluding hydrogens is 278 g/mol. The molecule has 0 aliphatic carbocycles. The van der Waals surface area contributed by atoms with Gasteiger partial charge in [-0.3, -0.25) is 0 Å². The summed E-state index contributed by atoms with van der Waals surface area (Å²) in [4.78, 5) is 3.03. The van der Waals surface area contributed by atoms with Crippen molar-refractivity contribution in [1.82, 2.24) is 10.1 Å². The summed E-state index contributed by atoms with van der Waals surface area (Å²) in [5.74, 6) is 0.176. The van der Waals surface area contributed by atoms with Crippen LogP contribution in [0.2, 0.25) is 0 Å². The van der Waals surface area contributed by atoms with Crippen LogP contribution in [0.1, 0.15) is 0 Å². The Bertz CT molecular complexity index is 850. The standard InChI is InChI=1S/C13H11N3O3S/c1-2-20(17,18)16(13-7-8-19-15-13)12-9-14-11-6-4-3-5-10(11)12/h2-9,14H,1H2. The van der Waals surface area contributed by atoms with Gasteiger partial charge in [0, 0.05) is 28.6 Å². The Morgan fingerprint density at radius 3 is 2.80 bits per heavy atom. The van der Waals surface area contributed by atoms with Gasteiger partial charge in [0.15, 0.2) is 5.82 Å². The molecule has 0 spiro atoms. The van der Waals surface area contributed by atoms with Gasteiger partial charge < -0.3 is 9.51 Å². The normalized spacial score (nSPS) is 11.6. The molecule has 2 aromatic heterocycles. The van der Waals surface area contributed by atoms with Crippen molar-refractivity contribution < 1.29 is 12.9 Å². The fraction of sp³-hybridized carbons (Fsp3) is 0. The van der Waals surface area contributed by atoms with E-state index in [-0.39, 0.29) is 5.82 Å². The van der Waals surface area contributed by atoms with E-state index >= 15 is 0 Å². The number of sulfonamides is 1. The number of nitrogens with zero attached hydrogens (tertiary/aromatic N) is 2. The van der Waals surface area contributed by atoms with Crippen LogP contribution in [0.4, 0.5) is 11.5 Å². The number of anilines is 2.